The largest absolute Gasteiger partial charge is 0.383 e. The number of carbonyl (C=O) groups excluding carboxylic acids is 2. The van der Waals surface area contributed by atoms with Crippen LogP contribution in [0.5, 0.6) is 0 Å². The van der Waals surface area contributed by atoms with Crippen LogP contribution in [-0.4, -0.2) is 56.1 Å². The van der Waals surface area contributed by atoms with E-state index in [-0.39, 0.29) is 24.4 Å². The lowest BCUT2D eigenvalue weighted by atomic mass is 10.1. The molecule has 2 rings (SSSR count). The molecule has 0 aromatic heterocycles. The molecule has 0 spiro atoms. The van der Waals surface area contributed by atoms with Crippen molar-refractivity contribution >= 4 is 11.8 Å². The monoisotopic (exact) mass is 319 g/mol. The van der Waals surface area contributed by atoms with E-state index in [1.807, 2.05) is 18.2 Å². The number of amides is 2. The van der Waals surface area contributed by atoms with Gasteiger partial charge in [-0.1, -0.05) is 30.3 Å². The summed E-state index contributed by atoms with van der Waals surface area (Å²) in [5.41, 5.74) is 1.20. The molecule has 23 heavy (non-hydrogen) atoms. The maximum absolute atomic E-state index is 12.3. The molecule has 1 unspecified atom stereocenters. The van der Waals surface area contributed by atoms with Gasteiger partial charge in [0.15, 0.2) is 0 Å². The zero-order chi connectivity index (χ0) is 16.5. The summed E-state index contributed by atoms with van der Waals surface area (Å²) < 4.78 is 4.86. The third kappa shape index (κ3) is 5.65. The first-order chi connectivity index (χ1) is 11.2. The predicted molar refractivity (Wildman–Crippen MR) is 87.8 cm³/mol. The number of hydrogen-bond donors (Lipinski definition) is 2. The summed E-state index contributed by atoms with van der Waals surface area (Å²) in [6.45, 7) is 2.60. The Morgan fingerprint density at radius 3 is 2.78 bits per heavy atom. The van der Waals surface area contributed by atoms with E-state index in [0.29, 0.717) is 13.2 Å². The molecule has 1 saturated heterocycles. The molecule has 2 amide bonds. The molecule has 2 N–H and O–H groups in total. The highest BCUT2D eigenvalue weighted by atomic mass is 16.5. The van der Waals surface area contributed by atoms with Gasteiger partial charge in [0.05, 0.1) is 19.2 Å². The van der Waals surface area contributed by atoms with Crippen LogP contribution in [0.25, 0.3) is 0 Å². The number of nitrogens with zero attached hydrogens (tertiary/aromatic N) is 1. The van der Waals surface area contributed by atoms with E-state index in [2.05, 4.69) is 27.7 Å². The third-order valence-electron chi connectivity index (χ3n) is 3.95. The molecule has 1 heterocycles. The Kier molecular flexibility index (Phi) is 7.03. The van der Waals surface area contributed by atoms with Gasteiger partial charge in [0.1, 0.15) is 0 Å². The fourth-order valence-electron chi connectivity index (χ4n) is 2.77. The minimum Gasteiger partial charge on any atom is -0.383 e. The van der Waals surface area contributed by atoms with Crippen LogP contribution < -0.4 is 10.6 Å². The summed E-state index contributed by atoms with van der Waals surface area (Å²) in [5.74, 6) is -0.261. The predicted octanol–water partition coefficient (Wildman–Crippen LogP) is 0.530. The van der Waals surface area contributed by atoms with Crippen molar-refractivity contribution < 1.29 is 14.3 Å². The van der Waals surface area contributed by atoms with Gasteiger partial charge in [-0.2, -0.15) is 0 Å². The molecule has 1 aromatic rings. The van der Waals surface area contributed by atoms with Crippen molar-refractivity contribution in [2.24, 2.45) is 0 Å². The van der Waals surface area contributed by atoms with Gasteiger partial charge in [0.25, 0.3) is 0 Å². The van der Waals surface area contributed by atoms with E-state index in [9.17, 15) is 9.59 Å². The normalized spacial score (nSPS) is 17.9. The van der Waals surface area contributed by atoms with Gasteiger partial charge in [-0.05, 0) is 24.9 Å². The number of methoxy groups -OCH3 is 1. The molecule has 6 nitrogen and oxygen atoms in total. The molecule has 1 fully saturated rings. The highest BCUT2D eigenvalue weighted by Gasteiger charge is 2.30. The molecule has 1 aliphatic heterocycles. The molecule has 1 atom stereocenters. The molecule has 0 bridgehead atoms. The molecule has 0 saturated carbocycles. The van der Waals surface area contributed by atoms with Gasteiger partial charge in [-0.3, -0.25) is 14.5 Å². The molecule has 1 aromatic carbocycles. The maximum atomic E-state index is 12.3. The van der Waals surface area contributed by atoms with E-state index >= 15 is 0 Å². The molecule has 126 valence electrons. The Balaban J connectivity index is 1.77. The Bertz CT molecular complexity index is 507. The SMILES string of the molecule is COCCNC(=O)CNC(=O)C1CCCN1Cc1ccccc1. The summed E-state index contributed by atoms with van der Waals surface area (Å²) in [4.78, 5) is 26.1. The van der Waals surface area contributed by atoms with E-state index in [4.69, 9.17) is 4.74 Å². The van der Waals surface area contributed by atoms with E-state index in [1.54, 1.807) is 7.11 Å². The molecule has 0 aliphatic carbocycles. The van der Waals surface area contributed by atoms with E-state index < -0.39 is 0 Å². The van der Waals surface area contributed by atoms with Crippen LogP contribution in [0.15, 0.2) is 30.3 Å². The lowest BCUT2D eigenvalue weighted by Gasteiger charge is -2.23. The molecule has 1 aliphatic rings. The Hall–Kier alpha value is -1.92. The summed E-state index contributed by atoms with van der Waals surface area (Å²) in [6.07, 6.45) is 1.84. The Morgan fingerprint density at radius 2 is 2.04 bits per heavy atom. The first-order valence-electron chi connectivity index (χ1n) is 8.02. The highest BCUT2D eigenvalue weighted by Crippen LogP contribution is 2.20. The highest BCUT2D eigenvalue weighted by molar-refractivity contribution is 5.87. The fourth-order valence-corrected chi connectivity index (χ4v) is 2.77. The summed E-state index contributed by atoms with van der Waals surface area (Å²) in [5, 5.41) is 5.42. The average molecular weight is 319 g/mol. The second-order valence-corrected chi connectivity index (χ2v) is 5.67. The van der Waals surface area contributed by atoms with Gasteiger partial charge in [-0.25, -0.2) is 0 Å². The van der Waals surface area contributed by atoms with Gasteiger partial charge in [0.2, 0.25) is 11.8 Å². The molecular formula is C17H25N3O3. The minimum absolute atomic E-state index is 0.0121. The average Bonchev–Trinajstić information content (AvgIpc) is 3.02. The van der Waals surface area contributed by atoms with Gasteiger partial charge in [-0.15, -0.1) is 0 Å². The fraction of sp³-hybridized carbons (Fsp3) is 0.529. The van der Waals surface area contributed by atoms with Crippen molar-refractivity contribution in [3.63, 3.8) is 0 Å². The second-order valence-electron chi connectivity index (χ2n) is 5.67. The first kappa shape index (κ1) is 17.4. The number of nitrogens with one attached hydrogen (secondary N) is 2. The summed E-state index contributed by atoms with van der Waals surface area (Å²) >= 11 is 0. The molecular weight excluding hydrogens is 294 g/mol. The van der Waals surface area contributed by atoms with Crippen LogP contribution in [0.2, 0.25) is 0 Å². The Labute approximate surface area is 137 Å². The van der Waals surface area contributed by atoms with E-state index in [1.165, 1.54) is 5.56 Å². The number of ether oxygens (including phenoxy) is 1. The van der Waals surface area contributed by atoms with Gasteiger partial charge < -0.3 is 15.4 Å². The quantitative estimate of drug-likeness (QED) is 0.686. The topological polar surface area (TPSA) is 70.7 Å². The van der Waals surface area contributed by atoms with Crippen molar-refractivity contribution in [3.05, 3.63) is 35.9 Å². The number of rotatable bonds is 8. The van der Waals surface area contributed by atoms with Crippen LogP contribution in [0.1, 0.15) is 18.4 Å². The van der Waals surface area contributed by atoms with Crippen molar-refractivity contribution in [1.82, 2.24) is 15.5 Å². The summed E-state index contributed by atoms with van der Waals surface area (Å²) in [7, 11) is 1.58. The first-order valence-corrected chi connectivity index (χ1v) is 8.02. The number of hydrogen-bond acceptors (Lipinski definition) is 4. The van der Waals surface area contributed by atoms with Crippen LogP contribution in [-0.2, 0) is 20.9 Å². The third-order valence-corrected chi connectivity index (χ3v) is 3.95. The zero-order valence-corrected chi connectivity index (χ0v) is 13.6. The van der Waals surface area contributed by atoms with Crippen LogP contribution >= 0.6 is 0 Å². The van der Waals surface area contributed by atoms with Crippen LogP contribution in [0.4, 0.5) is 0 Å². The van der Waals surface area contributed by atoms with Crippen LogP contribution in [0, 0.1) is 0 Å². The number of benzene rings is 1. The lowest BCUT2D eigenvalue weighted by Crippen LogP contribution is -2.46. The second kappa shape index (κ2) is 9.27. The van der Waals surface area contributed by atoms with Gasteiger partial charge in [0, 0.05) is 20.2 Å². The van der Waals surface area contributed by atoms with Gasteiger partial charge >= 0.3 is 0 Å². The molecule has 0 radical (unpaired) electrons. The van der Waals surface area contributed by atoms with Crippen molar-refractivity contribution in [1.29, 1.82) is 0 Å². The smallest absolute Gasteiger partial charge is 0.239 e. The van der Waals surface area contributed by atoms with Crippen molar-refractivity contribution in [2.45, 2.75) is 25.4 Å². The zero-order valence-electron chi connectivity index (χ0n) is 13.6. The standard InChI is InChI=1S/C17H25N3O3/c1-23-11-9-18-16(21)12-19-17(22)15-8-5-10-20(15)13-14-6-3-2-4-7-14/h2-4,6-7,15H,5,8-13H2,1H3,(H,18,21)(H,19,22). The minimum atomic E-state index is -0.192. The number of likely N-dealkylation sites (tertiary alicyclic amines) is 1. The summed E-state index contributed by atoms with van der Waals surface area (Å²) in [6, 6.07) is 9.98. The molecule has 6 heteroatoms. The van der Waals surface area contributed by atoms with E-state index in [0.717, 1.165) is 25.9 Å². The van der Waals surface area contributed by atoms with Crippen LogP contribution in [0.3, 0.4) is 0 Å². The maximum Gasteiger partial charge on any atom is 0.239 e. The lowest BCUT2D eigenvalue weighted by molar-refractivity contribution is -0.129. The van der Waals surface area contributed by atoms with Crippen molar-refractivity contribution in [2.75, 3.05) is 33.4 Å². The number of carbonyl (C=O) groups is 2. The van der Waals surface area contributed by atoms with Crippen molar-refractivity contribution in [3.8, 4) is 0 Å². The Morgan fingerprint density at radius 1 is 1.26 bits per heavy atom.